The Balaban J connectivity index is 2.34. The summed E-state index contributed by atoms with van der Waals surface area (Å²) in [5.74, 6) is -1.40. The Morgan fingerprint density at radius 2 is 2.12 bits per heavy atom. The highest BCUT2D eigenvalue weighted by Gasteiger charge is 2.14. The van der Waals surface area contributed by atoms with E-state index in [0.717, 1.165) is 4.88 Å². The fourth-order valence-electron chi connectivity index (χ4n) is 1.09. The van der Waals surface area contributed by atoms with Crippen LogP contribution in [0, 0.1) is 0 Å². The van der Waals surface area contributed by atoms with Crippen LogP contribution in [0.25, 0.3) is 0 Å². The number of amides is 2. The van der Waals surface area contributed by atoms with Gasteiger partial charge in [0.25, 0.3) is 0 Å². The van der Waals surface area contributed by atoms with Crippen LogP contribution in [0.4, 0.5) is 0 Å². The van der Waals surface area contributed by atoms with E-state index in [1.807, 2.05) is 11.4 Å². The highest BCUT2D eigenvalue weighted by Crippen LogP contribution is 2.17. The second-order valence-corrected chi connectivity index (χ2v) is 4.08. The van der Waals surface area contributed by atoms with E-state index in [-0.39, 0.29) is 6.54 Å². The Morgan fingerprint density at radius 3 is 2.69 bits per heavy atom. The van der Waals surface area contributed by atoms with Crippen LogP contribution in [0.3, 0.4) is 0 Å². The summed E-state index contributed by atoms with van der Waals surface area (Å²) in [6, 6.07) is 3.59. The Labute approximate surface area is 97.5 Å². The average Bonchev–Trinajstić information content (AvgIpc) is 2.79. The molecule has 0 aliphatic carbocycles. The molecule has 1 aromatic heterocycles. The lowest BCUT2D eigenvalue weighted by molar-refractivity contribution is -0.139. The molecule has 2 amide bonds. The minimum Gasteiger partial charge on any atom is -0.386 e. The van der Waals surface area contributed by atoms with Crippen LogP contribution in [0.1, 0.15) is 17.9 Å². The zero-order chi connectivity index (χ0) is 12.0. The minimum absolute atomic E-state index is 0.0382. The van der Waals surface area contributed by atoms with Crippen LogP contribution in [0.2, 0.25) is 0 Å². The monoisotopic (exact) mass is 242 g/mol. The molecule has 0 spiro atoms. The number of carbonyl (C=O) groups excluding carboxylic acids is 2. The number of aliphatic hydroxyl groups is 1. The first-order chi connectivity index (χ1) is 7.65. The molecule has 0 fully saturated rings. The fraction of sp³-hybridized carbons (Fsp3) is 0.400. The number of likely N-dealkylation sites (N-methyl/N-ethyl adjacent to an activating group) is 1. The van der Waals surface area contributed by atoms with Gasteiger partial charge in [0.05, 0.1) is 0 Å². The van der Waals surface area contributed by atoms with Crippen LogP contribution < -0.4 is 10.6 Å². The summed E-state index contributed by atoms with van der Waals surface area (Å²) in [6.07, 6.45) is -0.765. The molecule has 0 saturated carbocycles. The van der Waals surface area contributed by atoms with Gasteiger partial charge in [-0.15, -0.1) is 11.3 Å². The van der Waals surface area contributed by atoms with Gasteiger partial charge in [0.2, 0.25) is 0 Å². The number of hydrogen-bond acceptors (Lipinski definition) is 4. The zero-order valence-electron chi connectivity index (χ0n) is 8.90. The van der Waals surface area contributed by atoms with Gasteiger partial charge >= 0.3 is 11.8 Å². The van der Waals surface area contributed by atoms with Crippen molar-refractivity contribution in [2.75, 3.05) is 13.1 Å². The van der Waals surface area contributed by atoms with Gasteiger partial charge in [-0.1, -0.05) is 6.07 Å². The summed E-state index contributed by atoms with van der Waals surface area (Å²) in [4.78, 5) is 23.0. The number of hydrogen-bond donors (Lipinski definition) is 3. The smallest absolute Gasteiger partial charge is 0.309 e. The summed E-state index contributed by atoms with van der Waals surface area (Å²) in [5.41, 5.74) is 0. The first kappa shape index (κ1) is 12.7. The topological polar surface area (TPSA) is 78.4 Å². The summed E-state index contributed by atoms with van der Waals surface area (Å²) in [7, 11) is 0. The van der Waals surface area contributed by atoms with Crippen molar-refractivity contribution < 1.29 is 14.7 Å². The molecule has 1 unspecified atom stereocenters. The third-order valence-corrected chi connectivity index (χ3v) is 2.84. The zero-order valence-corrected chi connectivity index (χ0v) is 9.71. The molecule has 0 aliphatic heterocycles. The molecule has 1 heterocycles. The molecule has 6 heteroatoms. The summed E-state index contributed by atoms with van der Waals surface area (Å²) >= 11 is 1.40. The van der Waals surface area contributed by atoms with Crippen molar-refractivity contribution in [1.82, 2.24) is 10.6 Å². The highest BCUT2D eigenvalue weighted by atomic mass is 32.1. The van der Waals surface area contributed by atoms with Gasteiger partial charge in [-0.2, -0.15) is 0 Å². The van der Waals surface area contributed by atoms with E-state index in [1.165, 1.54) is 11.3 Å². The lowest BCUT2D eigenvalue weighted by Gasteiger charge is -2.09. The van der Waals surface area contributed by atoms with Gasteiger partial charge in [0.1, 0.15) is 6.10 Å². The third kappa shape index (κ3) is 3.63. The van der Waals surface area contributed by atoms with E-state index in [1.54, 1.807) is 13.0 Å². The average molecular weight is 242 g/mol. The molecule has 0 aliphatic rings. The number of nitrogens with one attached hydrogen (secondary N) is 2. The van der Waals surface area contributed by atoms with Crippen LogP contribution in [-0.4, -0.2) is 30.0 Å². The molecule has 1 rings (SSSR count). The van der Waals surface area contributed by atoms with E-state index < -0.39 is 17.9 Å². The molecule has 5 nitrogen and oxygen atoms in total. The molecule has 3 N–H and O–H groups in total. The lowest BCUT2D eigenvalue weighted by Crippen LogP contribution is -2.41. The maximum Gasteiger partial charge on any atom is 0.309 e. The maximum atomic E-state index is 11.2. The van der Waals surface area contributed by atoms with Gasteiger partial charge in [-0.25, -0.2) is 0 Å². The first-order valence-electron chi connectivity index (χ1n) is 4.92. The van der Waals surface area contributed by atoms with E-state index in [2.05, 4.69) is 10.6 Å². The fourth-order valence-corrected chi connectivity index (χ4v) is 1.80. The molecule has 1 aromatic rings. The molecular weight excluding hydrogens is 228 g/mol. The molecule has 1 atom stereocenters. The Kier molecular flexibility index (Phi) is 4.94. The molecule has 0 saturated heterocycles. The molecule has 0 bridgehead atoms. The van der Waals surface area contributed by atoms with Crippen LogP contribution in [0.15, 0.2) is 17.5 Å². The third-order valence-electron chi connectivity index (χ3n) is 1.87. The quantitative estimate of drug-likeness (QED) is 0.652. The highest BCUT2D eigenvalue weighted by molar-refractivity contribution is 7.10. The number of carbonyl (C=O) groups is 2. The van der Waals surface area contributed by atoms with Gasteiger partial charge in [-0.3, -0.25) is 9.59 Å². The molecule has 0 radical (unpaired) electrons. The number of aliphatic hydroxyl groups excluding tert-OH is 1. The number of thiophene rings is 1. The van der Waals surface area contributed by atoms with Crippen LogP contribution >= 0.6 is 11.3 Å². The number of rotatable bonds is 4. The standard InChI is InChI=1S/C10H14N2O3S/c1-2-11-9(14)10(15)12-6-7(13)8-4-3-5-16-8/h3-5,7,13H,2,6H2,1H3,(H,11,14)(H,12,15). The minimum atomic E-state index is -0.765. The van der Waals surface area contributed by atoms with Crippen molar-refractivity contribution in [3.05, 3.63) is 22.4 Å². The van der Waals surface area contributed by atoms with E-state index in [9.17, 15) is 14.7 Å². The second kappa shape index (κ2) is 6.24. The van der Waals surface area contributed by atoms with E-state index in [4.69, 9.17) is 0 Å². The first-order valence-corrected chi connectivity index (χ1v) is 5.80. The van der Waals surface area contributed by atoms with Gasteiger partial charge in [-0.05, 0) is 18.4 Å². The summed E-state index contributed by atoms with van der Waals surface area (Å²) < 4.78 is 0. The van der Waals surface area contributed by atoms with Crippen molar-refractivity contribution in [3.8, 4) is 0 Å². The molecular formula is C10H14N2O3S. The normalized spacial score (nSPS) is 11.9. The van der Waals surface area contributed by atoms with Crippen molar-refractivity contribution in [2.45, 2.75) is 13.0 Å². The Bertz CT molecular complexity index is 351. The van der Waals surface area contributed by atoms with Crippen molar-refractivity contribution >= 4 is 23.2 Å². The van der Waals surface area contributed by atoms with Crippen LogP contribution in [-0.2, 0) is 9.59 Å². The SMILES string of the molecule is CCNC(=O)C(=O)NCC(O)c1cccs1. The Morgan fingerprint density at radius 1 is 1.44 bits per heavy atom. The molecule has 16 heavy (non-hydrogen) atoms. The molecule has 88 valence electrons. The van der Waals surface area contributed by atoms with Crippen molar-refractivity contribution in [2.24, 2.45) is 0 Å². The van der Waals surface area contributed by atoms with E-state index in [0.29, 0.717) is 6.54 Å². The summed E-state index contributed by atoms with van der Waals surface area (Å²) in [5, 5.41) is 16.2. The van der Waals surface area contributed by atoms with Crippen molar-refractivity contribution in [3.63, 3.8) is 0 Å². The van der Waals surface area contributed by atoms with Crippen molar-refractivity contribution in [1.29, 1.82) is 0 Å². The lowest BCUT2D eigenvalue weighted by atomic mass is 10.3. The van der Waals surface area contributed by atoms with Crippen LogP contribution in [0.5, 0.6) is 0 Å². The predicted octanol–water partition coefficient (Wildman–Crippen LogP) is 0.0338. The van der Waals surface area contributed by atoms with Gasteiger partial charge in [0.15, 0.2) is 0 Å². The largest absolute Gasteiger partial charge is 0.386 e. The maximum absolute atomic E-state index is 11.2. The second-order valence-electron chi connectivity index (χ2n) is 3.10. The van der Waals surface area contributed by atoms with Gasteiger partial charge in [0, 0.05) is 18.0 Å². The van der Waals surface area contributed by atoms with Gasteiger partial charge < -0.3 is 15.7 Å². The van der Waals surface area contributed by atoms with E-state index >= 15 is 0 Å². The predicted molar refractivity (Wildman–Crippen MR) is 61.0 cm³/mol. The summed E-state index contributed by atoms with van der Waals surface area (Å²) in [6.45, 7) is 2.17. The molecule has 0 aromatic carbocycles. The Hall–Kier alpha value is -1.40.